The molecule has 0 radical (unpaired) electrons. The Hall–Kier alpha value is -5.26. The standard InChI is InChI=1S/C33H34FN5O6/c1-33(2,3)44-32(43)35-24-12-10-22(11-13-24)29-37-28(38-45-29)25-14-9-20(17-26(25)34)18-27(30(40)41)36-31(42)39-16-15-23(19-39)21-7-5-4-6-8-21/h4-14,17,23,27H,15-16,18-19H2,1-3H3,(H,35,43)(H,36,42)(H,40,41). The molecule has 3 amide bonds. The van der Waals surface area contributed by atoms with Crippen LogP contribution >= 0.6 is 0 Å². The summed E-state index contributed by atoms with van der Waals surface area (Å²) in [5, 5.41) is 18.9. The minimum absolute atomic E-state index is 0.00935. The van der Waals surface area contributed by atoms with Gasteiger partial charge in [0.05, 0.1) is 5.56 Å². The lowest BCUT2D eigenvalue weighted by Crippen LogP contribution is -2.48. The van der Waals surface area contributed by atoms with Gasteiger partial charge in [0.2, 0.25) is 5.82 Å². The van der Waals surface area contributed by atoms with Gasteiger partial charge < -0.3 is 24.6 Å². The molecule has 2 unspecified atom stereocenters. The Kier molecular flexibility index (Phi) is 9.12. The molecular weight excluding hydrogens is 581 g/mol. The summed E-state index contributed by atoms with van der Waals surface area (Å²) in [7, 11) is 0. The molecule has 3 aromatic carbocycles. The molecular formula is C33H34FN5O6. The number of carbonyl (C=O) groups is 3. The number of hydrogen-bond acceptors (Lipinski definition) is 7. The second kappa shape index (κ2) is 13.2. The van der Waals surface area contributed by atoms with Gasteiger partial charge in [-0.25, -0.2) is 18.8 Å². The van der Waals surface area contributed by atoms with Crippen LogP contribution in [0.4, 0.5) is 19.7 Å². The molecule has 1 saturated heterocycles. The molecule has 1 aliphatic heterocycles. The van der Waals surface area contributed by atoms with Gasteiger partial charge >= 0.3 is 18.1 Å². The van der Waals surface area contributed by atoms with Gasteiger partial charge in [0.25, 0.3) is 5.89 Å². The highest BCUT2D eigenvalue weighted by Crippen LogP contribution is 2.28. The summed E-state index contributed by atoms with van der Waals surface area (Å²) in [4.78, 5) is 42.8. The van der Waals surface area contributed by atoms with Crippen molar-refractivity contribution in [3.63, 3.8) is 0 Å². The molecule has 0 bridgehead atoms. The van der Waals surface area contributed by atoms with Crippen LogP contribution in [0.1, 0.15) is 44.2 Å². The number of anilines is 1. The Bertz CT molecular complexity index is 1670. The number of likely N-dealkylation sites (tertiary alicyclic amines) is 1. The molecule has 0 spiro atoms. The molecule has 0 aliphatic carbocycles. The summed E-state index contributed by atoms with van der Waals surface area (Å²) in [5.74, 6) is -1.55. The predicted molar refractivity (Wildman–Crippen MR) is 164 cm³/mol. The monoisotopic (exact) mass is 615 g/mol. The fourth-order valence-corrected chi connectivity index (χ4v) is 5.05. The fraction of sp³-hybridized carbons (Fsp3) is 0.303. The zero-order chi connectivity index (χ0) is 32.1. The Balaban J connectivity index is 1.20. The van der Waals surface area contributed by atoms with Gasteiger partial charge in [-0.15, -0.1) is 0 Å². The number of carbonyl (C=O) groups excluding carboxylic acids is 2. The lowest BCUT2D eigenvalue weighted by atomic mass is 9.99. The molecule has 1 aliphatic rings. The molecule has 2 heterocycles. The number of carboxylic acid groups (broad SMARTS) is 1. The number of nitrogens with zero attached hydrogens (tertiary/aromatic N) is 3. The van der Waals surface area contributed by atoms with Crippen molar-refractivity contribution in [2.75, 3.05) is 18.4 Å². The van der Waals surface area contributed by atoms with Crippen LogP contribution in [0.3, 0.4) is 0 Å². The van der Waals surface area contributed by atoms with E-state index in [2.05, 4.69) is 20.8 Å². The van der Waals surface area contributed by atoms with E-state index in [4.69, 9.17) is 9.26 Å². The van der Waals surface area contributed by atoms with Crippen molar-refractivity contribution in [2.24, 2.45) is 0 Å². The third kappa shape index (κ3) is 8.02. The van der Waals surface area contributed by atoms with Gasteiger partial charge in [-0.3, -0.25) is 5.32 Å². The van der Waals surface area contributed by atoms with Crippen molar-refractivity contribution in [1.82, 2.24) is 20.4 Å². The second-order valence-corrected chi connectivity index (χ2v) is 11.8. The summed E-state index contributed by atoms with van der Waals surface area (Å²) in [5.41, 5.74) is 2.00. The SMILES string of the molecule is CC(C)(C)OC(=O)Nc1ccc(-c2nc(-c3ccc(CC(NC(=O)N4CCC(c5ccccc5)C4)C(=O)O)cc3F)no2)cc1. The molecule has 11 nitrogen and oxygen atoms in total. The minimum Gasteiger partial charge on any atom is -0.480 e. The van der Waals surface area contributed by atoms with E-state index in [1.54, 1.807) is 56.0 Å². The largest absolute Gasteiger partial charge is 0.480 e. The lowest BCUT2D eigenvalue weighted by Gasteiger charge is -2.21. The van der Waals surface area contributed by atoms with Crippen molar-refractivity contribution in [1.29, 1.82) is 0 Å². The van der Waals surface area contributed by atoms with E-state index >= 15 is 4.39 Å². The van der Waals surface area contributed by atoms with Crippen molar-refractivity contribution in [3.8, 4) is 22.8 Å². The van der Waals surface area contributed by atoms with Crippen molar-refractivity contribution in [2.45, 2.75) is 51.2 Å². The maximum absolute atomic E-state index is 15.2. The number of ether oxygens (including phenoxy) is 1. The van der Waals surface area contributed by atoms with Gasteiger partial charge in [-0.05, 0) is 74.7 Å². The minimum atomic E-state index is -1.25. The number of hydrogen-bond donors (Lipinski definition) is 3. The van der Waals surface area contributed by atoms with E-state index in [9.17, 15) is 19.5 Å². The smallest absolute Gasteiger partial charge is 0.412 e. The zero-order valence-corrected chi connectivity index (χ0v) is 25.1. The molecule has 1 aromatic heterocycles. The van der Waals surface area contributed by atoms with E-state index in [0.717, 1.165) is 12.0 Å². The Morgan fingerprint density at radius 1 is 1.09 bits per heavy atom. The normalized spacial score (nSPS) is 15.4. The molecule has 12 heteroatoms. The van der Waals surface area contributed by atoms with Gasteiger partial charge in [0.15, 0.2) is 0 Å². The maximum Gasteiger partial charge on any atom is 0.412 e. The number of carboxylic acids is 1. The van der Waals surface area contributed by atoms with E-state index in [-0.39, 0.29) is 29.6 Å². The van der Waals surface area contributed by atoms with E-state index < -0.39 is 35.6 Å². The Labute approximate surface area is 259 Å². The molecule has 5 rings (SSSR count). The highest BCUT2D eigenvalue weighted by atomic mass is 19.1. The molecule has 4 aromatic rings. The molecule has 3 N–H and O–H groups in total. The number of aromatic nitrogens is 2. The summed E-state index contributed by atoms with van der Waals surface area (Å²) in [6, 6.07) is 19.0. The first-order valence-electron chi connectivity index (χ1n) is 14.5. The molecule has 0 saturated carbocycles. The number of benzene rings is 3. The molecule has 234 valence electrons. The first-order valence-corrected chi connectivity index (χ1v) is 14.5. The van der Waals surface area contributed by atoms with Crippen LogP contribution in [0.2, 0.25) is 0 Å². The highest BCUT2D eigenvalue weighted by molar-refractivity contribution is 5.85. The van der Waals surface area contributed by atoms with Crippen LogP contribution in [0.5, 0.6) is 0 Å². The quantitative estimate of drug-likeness (QED) is 0.216. The fourth-order valence-electron chi connectivity index (χ4n) is 5.05. The van der Waals surface area contributed by atoms with Gasteiger partial charge in [0, 0.05) is 36.7 Å². The third-order valence-electron chi connectivity index (χ3n) is 7.26. The van der Waals surface area contributed by atoms with Gasteiger partial charge in [-0.2, -0.15) is 4.98 Å². The predicted octanol–water partition coefficient (Wildman–Crippen LogP) is 6.08. The maximum atomic E-state index is 15.2. The second-order valence-electron chi connectivity index (χ2n) is 11.8. The van der Waals surface area contributed by atoms with Crippen LogP contribution in [-0.2, 0) is 16.0 Å². The van der Waals surface area contributed by atoms with Gasteiger partial charge in [0.1, 0.15) is 17.5 Å². The average Bonchev–Trinajstić information content (AvgIpc) is 3.68. The number of urea groups is 1. The lowest BCUT2D eigenvalue weighted by molar-refractivity contribution is -0.139. The molecule has 45 heavy (non-hydrogen) atoms. The number of nitrogens with one attached hydrogen (secondary N) is 2. The highest BCUT2D eigenvalue weighted by Gasteiger charge is 2.30. The van der Waals surface area contributed by atoms with Crippen LogP contribution in [0, 0.1) is 5.82 Å². The number of rotatable bonds is 8. The topological polar surface area (TPSA) is 147 Å². The van der Waals surface area contributed by atoms with Crippen molar-refractivity contribution in [3.05, 3.63) is 89.7 Å². The summed E-state index contributed by atoms with van der Waals surface area (Å²) in [6.07, 6.45) is 0.0842. The summed E-state index contributed by atoms with van der Waals surface area (Å²) >= 11 is 0. The van der Waals surface area contributed by atoms with Crippen LogP contribution < -0.4 is 10.6 Å². The molecule has 1 fully saturated rings. The number of aliphatic carboxylic acids is 1. The zero-order valence-electron chi connectivity index (χ0n) is 25.1. The average molecular weight is 616 g/mol. The van der Waals surface area contributed by atoms with Crippen molar-refractivity contribution < 1.29 is 33.1 Å². The van der Waals surface area contributed by atoms with E-state index in [1.807, 2.05) is 30.3 Å². The van der Waals surface area contributed by atoms with Crippen LogP contribution in [-0.4, -0.2) is 63.0 Å². The van der Waals surface area contributed by atoms with Crippen LogP contribution in [0.25, 0.3) is 22.8 Å². The first kappa shape index (κ1) is 31.2. The van der Waals surface area contributed by atoms with Crippen LogP contribution in [0.15, 0.2) is 77.3 Å². The first-order chi connectivity index (χ1) is 21.4. The number of amides is 3. The third-order valence-corrected chi connectivity index (χ3v) is 7.26. The summed E-state index contributed by atoms with van der Waals surface area (Å²) < 4.78 is 25.8. The Morgan fingerprint density at radius 3 is 2.49 bits per heavy atom. The van der Waals surface area contributed by atoms with Crippen molar-refractivity contribution >= 4 is 23.8 Å². The van der Waals surface area contributed by atoms with E-state index in [1.165, 1.54) is 12.1 Å². The number of halogens is 1. The summed E-state index contributed by atoms with van der Waals surface area (Å²) in [6.45, 7) is 6.31. The van der Waals surface area contributed by atoms with E-state index in [0.29, 0.717) is 29.9 Å². The molecule has 2 atom stereocenters. The Morgan fingerprint density at radius 2 is 1.82 bits per heavy atom. The van der Waals surface area contributed by atoms with Gasteiger partial charge in [-0.1, -0.05) is 41.6 Å².